The summed E-state index contributed by atoms with van der Waals surface area (Å²) in [5.74, 6) is 0. The topological polar surface area (TPSA) is 18.5 Å². The van der Waals surface area contributed by atoms with Gasteiger partial charge in [0.15, 0.2) is 0 Å². The SMILES string of the molecule is CCN(CCCN1CCCC1)CC1CCCN1. The van der Waals surface area contributed by atoms with E-state index in [0.717, 1.165) is 6.04 Å². The van der Waals surface area contributed by atoms with E-state index in [0.29, 0.717) is 0 Å². The molecule has 0 amide bonds. The fourth-order valence-corrected chi connectivity index (χ4v) is 3.13. The third-order valence-electron chi connectivity index (χ3n) is 4.24. The molecular formula is C14H29N3. The molecule has 3 nitrogen and oxygen atoms in total. The van der Waals surface area contributed by atoms with Crippen LogP contribution in [0.25, 0.3) is 0 Å². The van der Waals surface area contributed by atoms with Crippen LogP contribution in [0.2, 0.25) is 0 Å². The first-order valence-corrected chi connectivity index (χ1v) is 7.56. The second-order valence-electron chi connectivity index (χ2n) is 5.59. The molecule has 0 aromatic carbocycles. The lowest BCUT2D eigenvalue weighted by atomic mass is 10.2. The molecule has 1 unspecified atom stereocenters. The normalized spacial score (nSPS) is 26.1. The zero-order valence-corrected chi connectivity index (χ0v) is 11.5. The highest BCUT2D eigenvalue weighted by Crippen LogP contribution is 2.09. The minimum Gasteiger partial charge on any atom is -0.313 e. The lowest BCUT2D eigenvalue weighted by Crippen LogP contribution is -2.38. The van der Waals surface area contributed by atoms with Gasteiger partial charge in [-0.25, -0.2) is 0 Å². The van der Waals surface area contributed by atoms with Crippen LogP contribution in [0.15, 0.2) is 0 Å². The minimum atomic E-state index is 0.765. The van der Waals surface area contributed by atoms with Crippen LogP contribution in [-0.2, 0) is 0 Å². The van der Waals surface area contributed by atoms with Crippen molar-refractivity contribution < 1.29 is 0 Å². The molecule has 0 aliphatic carbocycles. The third-order valence-corrected chi connectivity index (χ3v) is 4.24. The predicted molar refractivity (Wildman–Crippen MR) is 73.4 cm³/mol. The molecule has 0 aromatic rings. The van der Waals surface area contributed by atoms with Crippen molar-refractivity contribution in [3.63, 3.8) is 0 Å². The highest BCUT2D eigenvalue weighted by atomic mass is 15.2. The highest BCUT2D eigenvalue weighted by Gasteiger charge is 2.17. The van der Waals surface area contributed by atoms with Crippen molar-refractivity contribution in [3.8, 4) is 0 Å². The summed E-state index contributed by atoms with van der Waals surface area (Å²) < 4.78 is 0. The van der Waals surface area contributed by atoms with Crippen LogP contribution in [0, 0.1) is 0 Å². The smallest absolute Gasteiger partial charge is 0.0195 e. The number of hydrogen-bond acceptors (Lipinski definition) is 3. The van der Waals surface area contributed by atoms with Gasteiger partial charge in [0, 0.05) is 12.6 Å². The average Bonchev–Trinajstić information content (AvgIpc) is 3.00. The Hall–Kier alpha value is -0.120. The van der Waals surface area contributed by atoms with Gasteiger partial charge >= 0.3 is 0 Å². The fourth-order valence-electron chi connectivity index (χ4n) is 3.13. The van der Waals surface area contributed by atoms with Crippen molar-refractivity contribution in [1.82, 2.24) is 15.1 Å². The van der Waals surface area contributed by atoms with E-state index >= 15 is 0 Å². The number of rotatable bonds is 7. The molecule has 3 heteroatoms. The van der Waals surface area contributed by atoms with Gasteiger partial charge in [-0.15, -0.1) is 0 Å². The number of nitrogens with zero attached hydrogens (tertiary/aromatic N) is 2. The van der Waals surface area contributed by atoms with Crippen molar-refractivity contribution in [1.29, 1.82) is 0 Å². The number of likely N-dealkylation sites (tertiary alicyclic amines) is 1. The van der Waals surface area contributed by atoms with E-state index in [1.54, 1.807) is 0 Å². The molecule has 1 atom stereocenters. The van der Waals surface area contributed by atoms with E-state index in [-0.39, 0.29) is 0 Å². The van der Waals surface area contributed by atoms with Crippen molar-refractivity contribution in [2.45, 2.75) is 45.1 Å². The Bertz CT molecular complexity index is 196. The molecule has 2 heterocycles. The first-order valence-electron chi connectivity index (χ1n) is 7.56. The summed E-state index contributed by atoms with van der Waals surface area (Å²) in [6, 6.07) is 0.765. The van der Waals surface area contributed by atoms with E-state index in [2.05, 4.69) is 22.0 Å². The van der Waals surface area contributed by atoms with Crippen LogP contribution >= 0.6 is 0 Å². The highest BCUT2D eigenvalue weighted by molar-refractivity contribution is 4.77. The fraction of sp³-hybridized carbons (Fsp3) is 1.00. The number of nitrogens with one attached hydrogen (secondary N) is 1. The van der Waals surface area contributed by atoms with Crippen molar-refractivity contribution in [2.24, 2.45) is 0 Å². The van der Waals surface area contributed by atoms with Gasteiger partial charge in [0.2, 0.25) is 0 Å². The largest absolute Gasteiger partial charge is 0.313 e. The van der Waals surface area contributed by atoms with Crippen LogP contribution in [0.3, 0.4) is 0 Å². The molecule has 0 spiro atoms. The van der Waals surface area contributed by atoms with E-state index in [1.165, 1.54) is 77.9 Å². The van der Waals surface area contributed by atoms with Gasteiger partial charge < -0.3 is 15.1 Å². The minimum absolute atomic E-state index is 0.765. The van der Waals surface area contributed by atoms with E-state index in [9.17, 15) is 0 Å². The van der Waals surface area contributed by atoms with Gasteiger partial charge in [-0.05, 0) is 71.4 Å². The van der Waals surface area contributed by atoms with Crippen LogP contribution < -0.4 is 5.32 Å². The Morgan fingerprint density at radius 3 is 2.71 bits per heavy atom. The Morgan fingerprint density at radius 1 is 1.24 bits per heavy atom. The molecule has 2 fully saturated rings. The summed E-state index contributed by atoms with van der Waals surface area (Å²) in [5, 5.41) is 3.60. The Kier molecular flexibility index (Phi) is 5.75. The Labute approximate surface area is 107 Å². The maximum atomic E-state index is 3.60. The molecule has 2 saturated heterocycles. The Balaban J connectivity index is 1.57. The molecule has 0 saturated carbocycles. The lowest BCUT2D eigenvalue weighted by molar-refractivity contribution is 0.237. The van der Waals surface area contributed by atoms with Crippen LogP contribution in [0.1, 0.15) is 39.0 Å². The molecule has 0 radical (unpaired) electrons. The lowest BCUT2D eigenvalue weighted by Gasteiger charge is -2.25. The second kappa shape index (κ2) is 7.34. The third kappa shape index (κ3) is 4.57. The van der Waals surface area contributed by atoms with E-state index < -0.39 is 0 Å². The first kappa shape index (κ1) is 13.3. The summed E-state index contributed by atoms with van der Waals surface area (Å²) in [4.78, 5) is 5.25. The maximum Gasteiger partial charge on any atom is 0.0195 e. The van der Waals surface area contributed by atoms with Crippen LogP contribution in [0.4, 0.5) is 0 Å². The predicted octanol–water partition coefficient (Wildman–Crippen LogP) is 1.55. The van der Waals surface area contributed by atoms with Crippen molar-refractivity contribution in [2.75, 3.05) is 45.8 Å². The number of likely N-dealkylation sites (N-methyl/N-ethyl adjacent to an activating group) is 1. The maximum absolute atomic E-state index is 3.60. The average molecular weight is 239 g/mol. The van der Waals surface area contributed by atoms with Gasteiger partial charge in [0.25, 0.3) is 0 Å². The Morgan fingerprint density at radius 2 is 2.06 bits per heavy atom. The number of hydrogen-bond donors (Lipinski definition) is 1. The second-order valence-corrected chi connectivity index (χ2v) is 5.59. The van der Waals surface area contributed by atoms with Gasteiger partial charge in [-0.2, -0.15) is 0 Å². The van der Waals surface area contributed by atoms with Crippen LogP contribution in [-0.4, -0.2) is 61.7 Å². The van der Waals surface area contributed by atoms with Crippen molar-refractivity contribution in [3.05, 3.63) is 0 Å². The zero-order chi connectivity index (χ0) is 11.9. The molecule has 0 bridgehead atoms. The van der Waals surface area contributed by atoms with Crippen LogP contribution in [0.5, 0.6) is 0 Å². The van der Waals surface area contributed by atoms with Gasteiger partial charge in [-0.3, -0.25) is 0 Å². The quantitative estimate of drug-likeness (QED) is 0.727. The van der Waals surface area contributed by atoms with Gasteiger partial charge in [0.05, 0.1) is 0 Å². The monoisotopic (exact) mass is 239 g/mol. The summed E-state index contributed by atoms with van der Waals surface area (Å²) in [5.41, 5.74) is 0. The molecule has 17 heavy (non-hydrogen) atoms. The summed E-state index contributed by atoms with van der Waals surface area (Å²) >= 11 is 0. The summed E-state index contributed by atoms with van der Waals surface area (Å²) in [6.45, 7) is 11.3. The molecule has 2 aliphatic rings. The van der Waals surface area contributed by atoms with E-state index in [4.69, 9.17) is 0 Å². The molecule has 2 aliphatic heterocycles. The molecule has 2 rings (SSSR count). The van der Waals surface area contributed by atoms with Gasteiger partial charge in [0.1, 0.15) is 0 Å². The zero-order valence-electron chi connectivity index (χ0n) is 11.5. The molecule has 1 N–H and O–H groups in total. The van der Waals surface area contributed by atoms with Crippen molar-refractivity contribution >= 4 is 0 Å². The van der Waals surface area contributed by atoms with Gasteiger partial charge in [-0.1, -0.05) is 6.92 Å². The molecular weight excluding hydrogens is 210 g/mol. The summed E-state index contributed by atoms with van der Waals surface area (Å²) in [6.07, 6.45) is 6.94. The molecule has 0 aromatic heterocycles. The molecule has 100 valence electrons. The summed E-state index contributed by atoms with van der Waals surface area (Å²) in [7, 11) is 0. The van der Waals surface area contributed by atoms with E-state index in [1.807, 2.05) is 0 Å². The first-order chi connectivity index (χ1) is 8.38. The standard InChI is InChI=1S/C14H29N3/c1-2-16(13-14-7-5-8-15-14)11-6-12-17-9-3-4-10-17/h14-15H,2-13H2,1H3.